The molecule has 2 aromatic rings. The molecule has 3 nitrogen and oxygen atoms in total. The molecule has 2 rings (SSSR count). The molecule has 112 valence electrons. The number of nitrogens with one attached hydrogen (secondary N) is 1. The van der Waals surface area contributed by atoms with Crippen molar-refractivity contribution in [2.45, 2.75) is 26.3 Å². The zero-order valence-corrected chi connectivity index (χ0v) is 13.7. The van der Waals surface area contributed by atoms with E-state index in [1.807, 2.05) is 25.1 Å². The lowest BCUT2D eigenvalue weighted by Gasteiger charge is -2.23. The summed E-state index contributed by atoms with van der Waals surface area (Å²) in [5.74, 6) is 0.528. The fraction of sp³-hybridized carbons (Fsp3) is 0.312. The van der Waals surface area contributed by atoms with Gasteiger partial charge in [-0.25, -0.2) is 4.98 Å². The van der Waals surface area contributed by atoms with Crippen LogP contribution in [0.15, 0.2) is 30.5 Å². The normalized spacial score (nSPS) is 12.4. The molecule has 0 amide bonds. The predicted molar refractivity (Wildman–Crippen MR) is 90.0 cm³/mol. The quantitative estimate of drug-likeness (QED) is 0.859. The third kappa shape index (κ3) is 3.88. The minimum atomic E-state index is -0.0742. The van der Waals surface area contributed by atoms with Crippen LogP contribution in [0.2, 0.25) is 10.0 Å². The first-order valence-electron chi connectivity index (χ1n) is 6.93. The van der Waals surface area contributed by atoms with Crippen molar-refractivity contribution in [3.05, 3.63) is 57.2 Å². The number of pyridine rings is 1. The molecule has 0 aliphatic carbocycles. The van der Waals surface area contributed by atoms with Crippen molar-refractivity contribution in [3.8, 4) is 0 Å². The van der Waals surface area contributed by atoms with Crippen molar-refractivity contribution >= 4 is 29.0 Å². The summed E-state index contributed by atoms with van der Waals surface area (Å²) in [5, 5.41) is 4.72. The Balaban J connectivity index is 2.52. The minimum absolute atomic E-state index is 0.0742. The van der Waals surface area contributed by atoms with E-state index in [0.717, 1.165) is 29.7 Å². The topological polar surface area (TPSA) is 50.9 Å². The highest BCUT2D eigenvalue weighted by atomic mass is 35.5. The number of nitrogens with two attached hydrogens (primary N) is 1. The van der Waals surface area contributed by atoms with Gasteiger partial charge in [-0.1, -0.05) is 30.1 Å². The Morgan fingerprint density at radius 3 is 2.48 bits per heavy atom. The predicted octanol–water partition coefficient (Wildman–Crippen LogP) is 4.37. The lowest BCUT2D eigenvalue weighted by molar-refractivity contribution is 0.596. The second-order valence-corrected chi connectivity index (χ2v) is 5.89. The van der Waals surface area contributed by atoms with Crippen molar-refractivity contribution < 1.29 is 0 Å². The molecule has 0 spiro atoms. The highest BCUT2D eigenvalue weighted by molar-refractivity contribution is 6.34. The van der Waals surface area contributed by atoms with Gasteiger partial charge in [-0.2, -0.15) is 0 Å². The van der Waals surface area contributed by atoms with Gasteiger partial charge < -0.3 is 11.1 Å². The molecule has 0 fully saturated rings. The van der Waals surface area contributed by atoms with E-state index in [4.69, 9.17) is 28.9 Å². The number of aromatic nitrogens is 1. The number of halogens is 2. The van der Waals surface area contributed by atoms with Crippen LogP contribution in [-0.4, -0.2) is 11.5 Å². The van der Waals surface area contributed by atoms with Crippen molar-refractivity contribution in [2.24, 2.45) is 0 Å². The molecule has 0 saturated carbocycles. The Labute approximate surface area is 135 Å². The highest BCUT2D eigenvalue weighted by Gasteiger charge is 2.19. The van der Waals surface area contributed by atoms with Gasteiger partial charge in [0.15, 0.2) is 0 Å². The van der Waals surface area contributed by atoms with Crippen LogP contribution in [0, 0.1) is 6.92 Å². The van der Waals surface area contributed by atoms with Gasteiger partial charge >= 0.3 is 0 Å². The van der Waals surface area contributed by atoms with Crippen molar-refractivity contribution in [2.75, 3.05) is 12.3 Å². The Kier molecular flexibility index (Phi) is 5.45. The second-order valence-electron chi connectivity index (χ2n) is 5.02. The van der Waals surface area contributed by atoms with Gasteiger partial charge in [0.25, 0.3) is 0 Å². The highest BCUT2D eigenvalue weighted by Crippen LogP contribution is 2.31. The smallest absolute Gasteiger partial charge is 0.128 e. The van der Waals surface area contributed by atoms with Gasteiger partial charge in [-0.3, -0.25) is 0 Å². The fourth-order valence-electron chi connectivity index (χ4n) is 2.38. The lowest BCUT2D eigenvalue weighted by atomic mass is 9.95. The van der Waals surface area contributed by atoms with Crippen LogP contribution in [0.1, 0.15) is 36.1 Å². The summed E-state index contributed by atoms with van der Waals surface area (Å²) in [6.45, 7) is 5.01. The van der Waals surface area contributed by atoms with E-state index < -0.39 is 0 Å². The van der Waals surface area contributed by atoms with Gasteiger partial charge in [-0.05, 0) is 55.3 Å². The van der Waals surface area contributed by atoms with E-state index in [1.165, 1.54) is 0 Å². The average molecular weight is 324 g/mol. The number of nitrogen functional groups attached to an aromatic ring is 1. The molecule has 0 radical (unpaired) electrons. The number of benzene rings is 1. The third-order valence-electron chi connectivity index (χ3n) is 3.34. The fourth-order valence-corrected chi connectivity index (χ4v) is 2.93. The first-order chi connectivity index (χ1) is 10.0. The Morgan fingerprint density at radius 1 is 1.24 bits per heavy atom. The number of rotatable bonds is 5. The summed E-state index contributed by atoms with van der Waals surface area (Å²) in [5.41, 5.74) is 9.15. The number of aryl methyl sites for hydroxylation is 1. The first kappa shape index (κ1) is 16.1. The van der Waals surface area contributed by atoms with Gasteiger partial charge in [0, 0.05) is 21.8 Å². The van der Waals surface area contributed by atoms with Crippen LogP contribution in [0.4, 0.5) is 5.82 Å². The van der Waals surface area contributed by atoms with E-state index in [2.05, 4.69) is 17.2 Å². The van der Waals surface area contributed by atoms with Crippen LogP contribution in [0.3, 0.4) is 0 Å². The van der Waals surface area contributed by atoms with Gasteiger partial charge in [0.1, 0.15) is 5.82 Å². The maximum Gasteiger partial charge on any atom is 0.128 e. The summed E-state index contributed by atoms with van der Waals surface area (Å²) in [6, 6.07) is 7.43. The molecular formula is C16H19Cl2N3. The molecule has 1 atom stereocenters. The molecule has 1 heterocycles. The number of hydrogen-bond donors (Lipinski definition) is 2. The summed E-state index contributed by atoms with van der Waals surface area (Å²) >= 11 is 12.3. The molecule has 1 unspecified atom stereocenters. The molecule has 0 saturated heterocycles. The average Bonchev–Trinajstić information content (AvgIpc) is 2.41. The summed E-state index contributed by atoms with van der Waals surface area (Å²) < 4.78 is 0. The summed E-state index contributed by atoms with van der Waals surface area (Å²) in [7, 11) is 0. The largest absolute Gasteiger partial charge is 0.383 e. The number of nitrogens with zero attached hydrogens (tertiary/aromatic N) is 1. The molecule has 0 aliphatic rings. The maximum absolute atomic E-state index is 6.14. The minimum Gasteiger partial charge on any atom is -0.383 e. The molecule has 1 aromatic carbocycles. The summed E-state index contributed by atoms with van der Waals surface area (Å²) in [6.07, 6.45) is 2.74. The number of anilines is 1. The zero-order valence-electron chi connectivity index (χ0n) is 12.2. The van der Waals surface area contributed by atoms with Crippen LogP contribution in [-0.2, 0) is 0 Å². The van der Waals surface area contributed by atoms with Crippen molar-refractivity contribution in [3.63, 3.8) is 0 Å². The van der Waals surface area contributed by atoms with Gasteiger partial charge in [-0.15, -0.1) is 0 Å². The summed E-state index contributed by atoms with van der Waals surface area (Å²) in [4.78, 5) is 4.21. The molecule has 0 aliphatic heterocycles. The van der Waals surface area contributed by atoms with E-state index in [1.54, 1.807) is 12.3 Å². The Morgan fingerprint density at radius 2 is 1.90 bits per heavy atom. The van der Waals surface area contributed by atoms with Crippen LogP contribution < -0.4 is 11.1 Å². The van der Waals surface area contributed by atoms with Crippen LogP contribution >= 0.6 is 23.2 Å². The molecule has 0 bridgehead atoms. The third-order valence-corrected chi connectivity index (χ3v) is 3.78. The van der Waals surface area contributed by atoms with Gasteiger partial charge in [0.05, 0.1) is 6.04 Å². The first-order valence-corrected chi connectivity index (χ1v) is 7.69. The zero-order chi connectivity index (χ0) is 15.4. The van der Waals surface area contributed by atoms with E-state index in [-0.39, 0.29) is 6.04 Å². The Hall–Kier alpha value is -1.29. The Bertz CT molecular complexity index is 588. The second kappa shape index (κ2) is 7.12. The molecule has 1 aromatic heterocycles. The SMILES string of the molecule is CCCNC(c1cc(Cl)cc(Cl)c1)c1c(C)ccnc1N. The lowest BCUT2D eigenvalue weighted by Crippen LogP contribution is -2.25. The molecule has 5 heteroatoms. The van der Waals surface area contributed by atoms with Crippen LogP contribution in [0.5, 0.6) is 0 Å². The van der Waals surface area contributed by atoms with Crippen molar-refractivity contribution in [1.82, 2.24) is 10.3 Å². The van der Waals surface area contributed by atoms with E-state index in [0.29, 0.717) is 15.9 Å². The monoisotopic (exact) mass is 323 g/mol. The van der Waals surface area contributed by atoms with E-state index >= 15 is 0 Å². The van der Waals surface area contributed by atoms with Gasteiger partial charge in [0.2, 0.25) is 0 Å². The molecule has 3 N–H and O–H groups in total. The van der Waals surface area contributed by atoms with Crippen molar-refractivity contribution in [1.29, 1.82) is 0 Å². The standard InChI is InChI=1S/C16H19Cl2N3/c1-3-5-20-15(11-7-12(17)9-13(18)8-11)14-10(2)4-6-21-16(14)19/h4,6-9,15,20H,3,5H2,1-2H3,(H2,19,21). The molecule has 21 heavy (non-hydrogen) atoms. The maximum atomic E-state index is 6.14. The van der Waals surface area contributed by atoms with Crippen LogP contribution in [0.25, 0.3) is 0 Å². The number of hydrogen-bond acceptors (Lipinski definition) is 3. The molecular weight excluding hydrogens is 305 g/mol. The van der Waals surface area contributed by atoms with E-state index in [9.17, 15) is 0 Å².